The zero-order valence-electron chi connectivity index (χ0n) is 16.1. The van der Waals surface area contributed by atoms with Crippen molar-refractivity contribution in [1.82, 2.24) is 40.0 Å². The highest BCUT2D eigenvalue weighted by Crippen LogP contribution is 2.24. The Kier molecular flexibility index (Phi) is 4.34. The van der Waals surface area contributed by atoms with E-state index in [1.54, 1.807) is 22.8 Å². The molecule has 0 aliphatic carbocycles. The molecule has 3 aromatic heterocycles. The number of rotatable bonds is 4. The molecular formula is C19H20N8O. The molecule has 0 N–H and O–H groups in total. The third-order valence-corrected chi connectivity index (χ3v) is 4.03. The SMILES string of the molecule is COc1ccc(-n2nc(-c3ccccn3)nc2-c2nnn(C(C)(C)C)n2)cc1. The van der Waals surface area contributed by atoms with E-state index in [4.69, 9.17) is 4.74 Å². The number of benzene rings is 1. The number of tetrazole rings is 1. The summed E-state index contributed by atoms with van der Waals surface area (Å²) >= 11 is 0. The molecule has 1 aromatic carbocycles. The lowest BCUT2D eigenvalue weighted by atomic mass is 10.1. The molecule has 0 aliphatic heterocycles. The standard InChI is InChI=1S/C19H20N8O/c1-19(2,3)27-24-17(22-25-27)18-21-16(15-7-5-6-12-20-15)23-26(18)13-8-10-14(28-4)11-9-13/h5-12H,1-4H3. The zero-order valence-corrected chi connectivity index (χ0v) is 16.1. The molecule has 4 rings (SSSR count). The Hall–Kier alpha value is -3.62. The van der Waals surface area contributed by atoms with Crippen molar-refractivity contribution in [3.8, 4) is 34.6 Å². The molecule has 142 valence electrons. The molecule has 0 radical (unpaired) electrons. The van der Waals surface area contributed by atoms with Gasteiger partial charge in [-0.1, -0.05) is 6.07 Å². The lowest BCUT2D eigenvalue weighted by Crippen LogP contribution is -2.24. The van der Waals surface area contributed by atoms with Gasteiger partial charge in [0.25, 0.3) is 0 Å². The van der Waals surface area contributed by atoms with Crippen LogP contribution in [0.3, 0.4) is 0 Å². The van der Waals surface area contributed by atoms with Crippen LogP contribution < -0.4 is 4.74 Å². The maximum Gasteiger partial charge on any atom is 0.242 e. The molecule has 28 heavy (non-hydrogen) atoms. The number of pyridine rings is 1. The molecule has 0 saturated heterocycles. The number of hydrogen-bond acceptors (Lipinski definition) is 7. The molecule has 0 bridgehead atoms. The molecular weight excluding hydrogens is 356 g/mol. The average Bonchev–Trinajstić information content (AvgIpc) is 3.36. The Morgan fingerprint density at radius 3 is 2.32 bits per heavy atom. The fraction of sp³-hybridized carbons (Fsp3) is 0.263. The molecule has 0 saturated carbocycles. The topological polar surface area (TPSA) is 96.4 Å². The van der Waals surface area contributed by atoms with Crippen LogP contribution in [-0.2, 0) is 5.54 Å². The lowest BCUT2D eigenvalue weighted by Gasteiger charge is -2.15. The summed E-state index contributed by atoms with van der Waals surface area (Å²) in [7, 11) is 1.63. The Bertz CT molecular complexity index is 1080. The monoisotopic (exact) mass is 376 g/mol. The first kappa shape index (κ1) is 17.8. The summed E-state index contributed by atoms with van der Waals surface area (Å²) in [6.07, 6.45) is 1.71. The minimum atomic E-state index is -0.292. The summed E-state index contributed by atoms with van der Waals surface area (Å²) < 4.78 is 6.93. The van der Waals surface area contributed by atoms with E-state index in [0.717, 1.165) is 11.4 Å². The van der Waals surface area contributed by atoms with Gasteiger partial charge in [-0.2, -0.15) is 4.80 Å². The van der Waals surface area contributed by atoms with E-state index >= 15 is 0 Å². The third kappa shape index (κ3) is 3.34. The molecule has 0 fully saturated rings. The molecule has 9 heteroatoms. The first-order chi connectivity index (χ1) is 13.5. The van der Waals surface area contributed by atoms with Gasteiger partial charge in [0.05, 0.1) is 18.3 Å². The normalized spacial score (nSPS) is 11.6. The quantitative estimate of drug-likeness (QED) is 0.540. The lowest BCUT2D eigenvalue weighted by molar-refractivity contribution is 0.306. The first-order valence-electron chi connectivity index (χ1n) is 8.79. The van der Waals surface area contributed by atoms with E-state index in [-0.39, 0.29) is 5.54 Å². The fourth-order valence-corrected chi connectivity index (χ4v) is 2.55. The van der Waals surface area contributed by atoms with Gasteiger partial charge in [0, 0.05) is 6.20 Å². The predicted molar refractivity (Wildman–Crippen MR) is 103 cm³/mol. The van der Waals surface area contributed by atoms with Gasteiger partial charge in [-0.15, -0.1) is 15.3 Å². The van der Waals surface area contributed by atoms with E-state index < -0.39 is 0 Å². The summed E-state index contributed by atoms with van der Waals surface area (Å²) in [5, 5.41) is 17.5. The van der Waals surface area contributed by atoms with E-state index in [1.807, 2.05) is 63.2 Å². The number of methoxy groups -OCH3 is 1. The van der Waals surface area contributed by atoms with Crippen molar-refractivity contribution in [3.05, 3.63) is 48.7 Å². The highest BCUT2D eigenvalue weighted by molar-refractivity contribution is 5.56. The molecule has 0 amide bonds. The summed E-state index contributed by atoms with van der Waals surface area (Å²) in [6.45, 7) is 6.02. The highest BCUT2D eigenvalue weighted by atomic mass is 16.5. The second kappa shape index (κ2) is 6.84. The maximum atomic E-state index is 5.24. The maximum absolute atomic E-state index is 5.24. The smallest absolute Gasteiger partial charge is 0.242 e. The van der Waals surface area contributed by atoms with Crippen LogP contribution in [0.1, 0.15) is 20.8 Å². The van der Waals surface area contributed by atoms with Gasteiger partial charge in [0.15, 0.2) is 0 Å². The van der Waals surface area contributed by atoms with Crippen LogP contribution in [0.4, 0.5) is 0 Å². The highest BCUT2D eigenvalue weighted by Gasteiger charge is 2.23. The Morgan fingerprint density at radius 1 is 0.929 bits per heavy atom. The van der Waals surface area contributed by atoms with Crippen LogP contribution in [0.15, 0.2) is 48.7 Å². The van der Waals surface area contributed by atoms with Crippen molar-refractivity contribution in [2.45, 2.75) is 26.3 Å². The van der Waals surface area contributed by atoms with Crippen LogP contribution in [0, 0.1) is 0 Å². The van der Waals surface area contributed by atoms with Crippen LogP contribution in [0.2, 0.25) is 0 Å². The van der Waals surface area contributed by atoms with E-state index in [1.165, 1.54) is 0 Å². The van der Waals surface area contributed by atoms with Crippen molar-refractivity contribution >= 4 is 0 Å². The van der Waals surface area contributed by atoms with Crippen molar-refractivity contribution in [1.29, 1.82) is 0 Å². The van der Waals surface area contributed by atoms with Crippen LogP contribution >= 0.6 is 0 Å². The molecule has 0 spiro atoms. The summed E-state index contributed by atoms with van der Waals surface area (Å²) in [6, 6.07) is 13.1. The van der Waals surface area contributed by atoms with Gasteiger partial charge in [-0.05, 0) is 62.4 Å². The number of nitrogens with zero attached hydrogens (tertiary/aromatic N) is 8. The van der Waals surface area contributed by atoms with Gasteiger partial charge in [-0.25, -0.2) is 9.67 Å². The van der Waals surface area contributed by atoms with Crippen molar-refractivity contribution in [2.24, 2.45) is 0 Å². The second-order valence-corrected chi connectivity index (χ2v) is 7.16. The van der Waals surface area contributed by atoms with E-state index in [2.05, 4.69) is 30.5 Å². The van der Waals surface area contributed by atoms with Crippen LogP contribution in [0.5, 0.6) is 5.75 Å². The van der Waals surface area contributed by atoms with Gasteiger partial charge in [-0.3, -0.25) is 4.98 Å². The van der Waals surface area contributed by atoms with Crippen LogP contribution in [0.25, 0.3) is 28.9 Å². The number of hydrogen-bond donors (Lipinski definition) is 0. The molecule has 4 aromatic rings. The molecule has 0 aliphatic rings. The van der Waals surface area contributed by atoms with E-state index in [9.17, 15) is 0 Å². The summed E-state index contributed by atoms with van der Waals surface area (Å²) in [4.78, 5) is 10.6. The molecule has 0 unspecified atom stereocenters. The molecule has 9 nitrogen and oxygen atoms in total. The Balaban J connectivity index is 1.85. The third-order valence-electron chi connectivity index (χ3n) is 4.03. The second-order valence-electron chi connectivity index (χ2n) is 7.16. The minimum absolute atomic E-state index is 0.292. The Labute approximate surface area is 162 Å². The van der Waals surface area contributed by atoms with Crippen LogP contribution in [-0.4, -0.2) is 47.1 Å². The molecule has 3 heterocycles. The van der Waals surface area contributed by atoms with E-state index in [0.29, 0.717) is 23.2 Å². The van der Waals surface area contributed by atoms with Gasteiger partial charge in [0.1, 0.15) is 11.4 Å². The van der Waals surface area contributed by atoms with Gasteiger partial charge >= 0.3 is 0 Å². The van der Waals surface area contributed by atoms with Crippen molar-refractivity contribution in [2.75, 3.05) is 7.11 Å². The number of aromatic nitrogens is 8. The summed E-state index contributed by atoms with van der Waals surface area (Å²) in [5.41, 5.74) is 1.18. The number of ether oxygens (including phenoxy) is 1. The van der Waals surface area contributed by atoms with Crippen molar-refractivity contribution < 1.29 is 4.74 Å². The van der Waals surface area contributed by atoms with Gasteiger partial charge < -0.3 is 4.74 Å². The average molecular weight is 376 g/mol. The Morgan fingerprint density at radius 2 is 1.71 bits per heavy atom. The first-order valence-corrected chi connectivity index (χ1v) is 8.79. The fourth-order valence-electron chi connectivity index (χ4n) is 2.55. The van der Waals surface area contributed by atoms with Gasteiger partial charge in [0.2, 0.25) is 17.5 Å². The zero-order chi connectivity index (χ0) is 19.7. The summed E-state index contributed by atoms with van der Waals surface area (Å²) in [5.74, 6) is 2.12. The largest absolute Gasteiger partial charge is 0.497 e. The minimum Gasteiger partial charge on any atom is -0.497 e. The van der Waals surface area contributed by atoms with Crippen molar-refractivity contribution in [3.63, 3.8) is 0 Å². The predicted octanol–water partition coefficient (Wildman–Crippen LogP) is 2.75. The molecule has 0 atom stereocenters.